The van der Waals surface area contributed by atoms with Crippen molar-refractivity contribution in [2.45, 2.75) is 65.3 Å². The fourth-order valence-electron chi connectivity index (χ4n) is 2.21. The standard InChI is InChI=1S/C15H25N3/c1-10-13(8-9-16-15(3,4)5)11(2)18-14(17-10)12-6-7-12/h12,16H,6-9H2,1-5H3. The van der Waals surface area contributed by atoms with Crippen molar-refractivity contribution < 1.29 is 0 Å². The molecule has 1 saturated carbocycles. The molecule has 0 bridgehead atoms. The molecule has 0 atom stereocenters. The molecule has 0 spiro atoms. The highest BCUT2D eigenvalue weighted by molar-refractivity contribution is 5.26. The van der Waals surface area contributed by atoms with Crippen LogP contribution >= 0.6 is 0 Å². The number of rotatable bonds is 4. The Morgan fingerprint density at radius 3 is 2.11 bits per heavy atom. The predicted octanol–water partition coefficient (Wildman–Crippen LogP) is 2.90. The minimum Gasteiger partial charge on any atom is -0.312 e. The van der Waals surface area contributed by atoms with Crippen LogP contribution in [0, 0.1) is 13.8 Å². The van der Waals surface area contributed by atoms with Gasteiger partial charge in [-0.05, 0) is 66.0 Å². The zero-order chi connectivity index (χ0) is 13.3. The largest absolute Gasteiger partial charge is 0.312 e. The van der Waals surface area contributed by atoms with E-state index in [0.29, 0.717) is 5.92 Å². The van der Waals surface area contributed by atoms with Crippen LogP contribution in [-0.4, -0.2) is 22.1 Å². The van der Waals surface area contributed by atoms with Crippen LogP contribution in [0.25, 0.3) is 0 Å². The number of nitrogens with zero attached hydrogens (tertiary/aromatic N) is 2. The quantitative estimate of drug-likeness (QED) is 0.889. The summed E-state index contributed by atoms with van der Waals surface area (Å²) >= 11 is 0. The SMILES string of the molecule is Cc1nc(C2CC2)nc(C)c1CCNC(C)(C)C. The Balaban J connectivity index is 2.04. The van der Waals surface area contributed by atoms with Crippen molar-refractivity contribution in [2.24, 2.45) is 0 Å². The average Bonchev–Trinajstić information content (AvgIpc) is 3.03. The first-order valence-corrected chi connectivity index (χ1v) is 6.96. The summed E-state index contributed by atoms with van der Waals surface area (Å²) in [5.41, 5.74) is 3.83. The van der Waals surface area contributed by atoms with E-state index < -0.39 is 0 Å². The van der Waals surface area contributed by atoms with Crippen molar-refractivity contribution in [3.63, 3.8) is 0 Å². The van der Waals surface area contributed by atoms with Gasteiger partial charge in [0.05, 0.1) is 0 Å². The van der Waals surface area contributed by atoms with Gasteiger partial charge >= 0.3 is 0 Å². The number of hydrogen-bond donors (Lipinski definition) is 1. The first-order valence-electron chi connectivity index (χ1n) is 6.96. The topological polar surface area (TPSA) is 37.8 Å². The van der Waals surface area contributed by atoms with E-state index in [1.807, 2.05) is 0 Å². The third-order valence-corrected chi connectivity index (χ3v) is 3.41. The normalized spacial score (nSPS) is 16.1. The Bertz CT molecular complexity index is 405. The van der Waals surface area contributed by atoms with Crippen molar-refractivity contribution >= 4 is 0 Å². The highest BCUT2D eigenvalue weighted by Crippen LogP contribution is 2.38. The first-order chi connectivity index (χ1) is 8.37. The summed E-state index contributed by atoms with van der Waals surface area (Å²) < 4.78 is 0. The monoisotopic (exact) mass is 247 g/mol. The molecule has 100 valence electrons. The Labute approximate surface area is 110 Å². The van der Waals surface area contributed by atoms with Gasteiger partial charge in [0.15, 0.2) is 0 Å². The van der Waals surface area contributed by atoms with E-state index in [1.54, 1.807) is 0 Å². The summed E-state index contributed by atoms with van der Waals surface area (Å²) in [6, 6.07) is 0. The molecule has 3 nitrogen and oxygen atoms in total. The minimum absolute atomic E-state index is 0.177. The van der Waals surface area contributed by atoms with Crippen LogP contribution in [0.3, 0.4) is 0 Å². The van der Waals surface area contributed by atoms with Crippen LogP contribution in [0.2, 0.25) is 0 Å². The smallest absolute Gasteiger partial charge is 0.131 e. The Morgan fingerprint density at radius 2 is 1.67 bits per heavy atom. The van der Waals surface area contributed by atoms with Crippen molar-refractivity contribution in [3.8, 4) is 0 Å². The second-order valence-electron chi connectivity index (χ2n) is 6.43. The van der Waals surface area contributed by atoms with Gasteiger partial charge in [-0.1, -0.05) is 0 Å². The number of nitrogens with one attached hydrogen (secondary N) is 1. The Kier molecular flexibility index (Phi) is 3.71. The molecule has 0 amide bonds. The summed E-state index contributed by atoms with van der Waals surface area (Å²) in [6.07, 6.45) is 3.55. The number of hydrogen-bond acceptors (Lipinski definition) is 3. The van der Waals surface area contributed by atoms with Gasteiger partial charge in [0.1, 0.15) is 5.82 Å². The van der Waals surface area contributed by atoms with E-state index in [2.05, 4.69) is 49.9 Å². The van der Waals surface area contributed by atoms with Crippen LogP contribution in [0.4, 0.5) is 0 Å². The maximum absolute atomic E-state index is 4.67. The molecule has 1 aromatic heterocycles. The molecule has 1 fully saturated rings. The fourth-order valence-corrected chi connectivity index (χ4v) is 2.21. The molecule has 1 aliphatic rings. The zero-order valence-electron chi connectivity index (χ0n) is 12.3. The fraction of sp³-hybridized carbons (Fsp3) is 0.733. The van der Waals surface area contributed by atoms with Gasteiger partial charge in [-0.15, -0.1) is 0 Å². The van der Waals surface area contributed by atoms with E-state index in [1.165, 1.54) is 29.8 Å². The molecule has 0 aromatic carbocycles. The van der Waals surface area contributed by atoms with Gasteiger partial charge < -0.3 is 5.32 Å². The van der Waals surface area contributed by atoms with Crippen LogP contribution in [0.1, 0.15) is 62.3 Å². The lowest BCUT2D eigenvalue weighted by atomic mass is 10.1. The van der Waals surface area contributed by atoms with E-state index in [0.717, 1.165) is 18.8 Å². The summed E-state index contributed by atoms with van der Waals surface area (Å²) in [5.74, 6) is 1.71. The van der Waals surface area contributed by atoms with Crippen LogP contribution in [0.5, 0.6) is 0 Å². The molecule has 0 radical (unpaired) electrons. The number of aryl methyl sites for hydroxylation is 2. The molecule has 3 heteroatoms. The van der Waals surface area contributed by atoms with Gasteiger partial charge in [0.2, 0.25) is 0 Å². The molecular formula is C15H25N3. The average molecular weight is 247 g/mol. The predicted molar refractivity (Wildman–Crippen MR) is 74.9 cm³/mol. The number of aromatic nitrogens is 2. The molecule has 2 rings (SSSR count). The maximum atomic E-state index is 4.67. The third kappa shape index (κ3) is 3.52. The van der Waals surface area contributed by atoms with E-state index >= 15 is 0 Å². The zero-order valence-corrected chi connectivity index (χ0v) is 12.3. The van der Waals surface area contributed by atoms with Crippen molar-refractivity contribution in [3.05, 3.63) is 22.8 Å². The van der Waals surface area contributed by atoms with Gasteiger partial charge in [-0.3, -0.25) is 0 Å². The van der Waals surface area contributed by atoms with E-state index in [9.17, 15) is 0 Å². The van der Waals surface area contributed by atoms with Gasteiger partial charge in [-0.25, -0.2) is 9.97 Å². The molecule has 1 heterocycles. The summed E-state index contributed by atoms with van der Waals surface area (Å²) in [4.78, 5) is 9.34. The van der Waals surface area contributed by atoms with E-state index in [4.69, 9.17) is 0 Å². The maximum Gasteiger partial charge on any atom is 0.131 e. The molecular weight excluding hydrogens is 222 g/mol. The summed E-state index contributed by atoms with van der Waals surface area (Å²) in [5, 5.41) is 3.52. The van der Waals surface area contributed by atoms with Crippen molar-refractivity contribution in [1.29, 1.82) is 0 Å². The van der Waals surface area contributed by atoms with Gasteiger partial charge in [0, 0.05) is 22.8 Å². The second-order valence-corrected chi connectivity index (χ2v) is 6.43. The van der Waals surface area contributed by atoms with E-state index in [-0.39, 0.29) is 5.54 Å². The second kappa shape index (κ2) is 4.96. The Morgan fingerprint density at radius 1 is 1.11 bits per heavy atom. The summed E-state index contributed by atoms with van der Waals surface area (Å²) in [7, 11) is 0. The lowest BCUT2D eigenvalue weighted by Crippen LogP contribution is -2.37. The third-order valence-electron chi connectivity index (χ3n) is 3.41. The van der Waals surface area contributed by atoms with Gasteiger partial charge in [-0.2, -0.15) is 0 Å². The lowest BCUT2D eigenvalue weighted by molar-refractivity contribution is 0.429. The highest BCUT2D eigenvalue weighted by Gasteiger charge is 2.27. The first kappa shape index (κ1) is 13.5. The highest BCUT2D eigenvalue weighted by atomic mass is 14.9. The molecule has 1 aliphatic carbocycles. The molecule has 18 heavy (non-hydrogen) atoms. The molecule has 1 N–H and O–H groups in total. The van der Waals surface area contributed by atoms with Gasteiger partial charge in [0.25, 0.3) is 0 Å². The molecule has 1 aromatic rings. The van der Waals surface area contributed by atoms with Crippen molar-refractivity contribution in [1.82, 2.24) is 15.3 Å². The minimum atomic E-state index is 0.177. The molecule has 0 aliphatic heterocycles. The summed E-state index contributed by atoms with van der Waals surface area (Å²) in [6.45, 7) is 11.8. The molecule has 0 unspecified atom stereocenters. The molecule has 0 saturated heterocycles. The lowest BCUT2D eigenvalue weighted by Gasteiger charge is -2.21. The van der Waals surface area contributed by atoms with Crippen LogP contribution in [0.15, 0.2) is 0 Å². The van der Waals surface area contributed by atoms with Crippen molar-refractivity contribution in [2.75, 3.05) is 6.54 Å². The van der Waals surface area contributed by atoms with Crippen LogP contribution < -0.4 is 5.32 Å². The van der Waals surface area contributed by atoms with Crippen LogP contribution in [-0.2, 0) is 6.42 Å². The Hall–Kier alpha value is -0.960.